The zero-order chi connectivity index (χ0) is 24.6. The second kappa shape index (κ2) is 9.60. The van der Waals surface area contributed by atoms with Crippen LogP contribution in [0.15, 0.2) is 12.1 Å². The van der Waals surface area contributed by atoms with Gasteiger partial charge in [-0.05, 0) is 56.9 Å². The van der Waals surface area contributed by atoms with E-state index in [1.165, 1.54) is 5.56 Å². The lowest BCUT2D eigenvalue weighted by Gasteiger charge is -2.49. The van der Waals surface area contributed by atoms with Crippen molar-refractivity contribution in [3.8, 4) is 11.5 Å². The largest absolute Gasteiger partial charge is 0.493 e. The monoisotopic (exact) mass is 477 g/mol. The second-order valence-electron chi connectivity index (χ2n) is 10.5. The first kappa shape index (κ1) is 24.6. The molecule has 2 unspecified atom stereocenters. The van der Waals surface area contributed by atoms with Gasteiger partial charge < -0.3 is 24.4 Å². The van der Waals surface area contributed by atoms with Crippen molar-refractivity contribution in [1.29, 1.82) is 0 Å². The number of alkyl carbamates (subject to hydrolysis) is 1. The van der Waals surface area contributed by atoms with Crippen LogP contribution in [0.1, 0.15) is 50.8 Å². The molecular weight excluding hydrogens is 441 g/mol. The van der Waals surface area contributed by atoms with Crippen molar-refractivity contribution in [1.82, 2.24) is 15.1 Å². The molecule has 3 aliphatic heterocycles. The third-order valence-corrected chi connectivity index (χ3v) is 7.04. The first-order valence-corrected chi connectivity index (χ1v) is 12.0. The zero-order valence-corrected chi connectivity index (χ0v) is 20.7. The molecule has 4 atom stereocenters. The van der Waals surface area contributed by atoms with E-state index in [0.29, 0.717) is 31.0 Å². The van der Waals surface area contributed by atoms with Crippen LogP contribution in [0, 0.1) is 5.92 Å². The first-order valence-electron chi connectivity index (χ1n) is 12.0. The van der Waals surface area contributed by atoms with Crippen LogP contribution in [0.4, 0.5) is 9.18 Å². The normalized spacial score (nSPS) is 27.1. The molecular formula is C25H36FN3O5. The fourth-order valence-electron chi connectivity index (χ4n) is 5.50. The van der Waals surface area contributed by atoms with Crippen LogP contribution in [-0.4, -0.2) is 80.0 Å². The number of piperidine rings is 1. The fraction of sp³-hybridized carbons (Fsp3) is 0.680. The SMILES string of the molecule is COc1cc2c(cc1OC)[C@@H]1CC(NC(=O)OC(C)(C)C)C(N3C[C@@H](CF)CC3=O)CN1CC2. The molecule has 2 fully saturated rings. The molecule has 0 aliphatic carbocycles. The highest BCUT2D eigenvalue weighted by molar-refractivity contribution is 5.79. The Balaban J connectivity index is 1.63. The average Bonchev–Trinajstić information content (AvgIpc) is 3.16. The van der Waals surface area contributed by atoms with Crippen molar-refractivity contribution >= 4 is 12.0 Å². The summed E-state index contributed by atoms with van der Waals surface area (Å²) < 4.78 is 29.9. The van der Waals surface area contributed by atoms with Crippen LogP contribution in [0.3, 0.4) is 0 Å². The summed E-state index contributed by atoms with van der Waals surface area (Å²) in [5.41, 5.74) is 1.71. The van der Waals surface area contributed by atoms with E-state index in [1.807, 2.05) is 32.9 Å². The molecule has 1 aromatic carbocycles. The van der Waals surface area contributed by atoms with Crippen LogP contribution >= 0.6 is 0 Å². The molecule has 0 saturated carbocycles. The maximum absolute atomic E-state index is 13.4. The predicted octanol–water partition coefficient (Wildman–Crippen LogP) is 3.09. The Morgan fingerprint density at radius 2 is 1.88 bits per heavy atom. The van der Waals surface area contributed by atoms with E-state index in [-0.39, 0.29) is 36.4 Å². The number of hydrogen-bond acceptors (Lipinski definition) is 6. The van der Waals surface area contributed by atoms with Gasteiger partial charge in [0.25, 0.3) is 0 Å². The van der Waals surface area contributed by atoms with Gasteiger partial charge in [0.1, 0.15) is 5.60 Å². The second-order valence-corrected chi connectivity index (χ2v) is 10.5. The van der Waals surface area contributed by atoms with E-state index in [9.17, 15) is 14.0 Å². The number of benzene rings is 1. The lowest BCUT2D eigenvalue weighted by molar-refractivity contribution is -0.132. The van der Waals surface area contributed by atoms with Crippen molar-refractivity contribution < 1.29 is 28.2 Å². The highest BCUT2D eigenvalue weighted by Crippen LogP contribution is 2.43. The Kier molecular flexibility index (Phi) is 6.94. The summed E-state index contributed by atoms with van der Waals surface area (Å²) in [6.45, 7) is 6.76. The molecule has 188 valence electrons. The van der Waals surface area contributed by atoms with E-state index >= 15 is 0 Å². The minimum absolute atomic E-state index is 0.0501. The molecule has 1 aromatic rings. The minimum atomic E-state index is -0.634. The van der Waals surface area contributed by atoms with E-state index < -0.39 is 18.4 Å². The van der Waals surface area contributed by atoms with Crippen LogP contribution in [0.25, 0.3) is 0 Å². The molecule has 0 aromatic heterocycles. The van der Waals surface area contributed by atoms with Crippen LogP contribution in [-0.2, 0) is 16.0 Å². The van der Waals surface area contributed by atoms with Gasteiger partial charge in [-0.15, -0.1) is 0 Å². The number of amides is 2. The number of rotatable bonds is 5. The van der Waals surface area contributed by atoms with Gasteiger partial charge in [0.2, 0.25) is 5.91 Å². The van der Waals surface area contributed by atoms with Gasteiger partial charge in [-0.2, -0.15) is 0 Å². The molecule has 8 nitrogen and oxygen atoms in total. The Bertz CT molecular complexity index is 934. The van der Waals surface area contributed by atoms with Gasteiger partial charge in [0, 0.05) is 38.0 Å². The Morgan fingerprint density at radius 3 is 2.50 bits per heavy atom. The van der Waals surface area contributed by atoms with Gasteiger partial charge in [-0.3, -0.25) is 14.1 Å². The summed E-state index contributed by atoms with van der Waals surface area (Å²) in [5, 5.41) is 3.04. The molecule has 4 rings (SSSR count). The Hall–Kier alpha value is -2.55. The molecule has 0 spiro atoms. The van der Waals surface area contributed by atoms with E-state index in [2.05, 4.69) is 10.2 Å². The Labute approximate surface area is 200 Å². The third kappa shape index (κ3) is 4.94. The van der Waals surface area contributed by atoms with Crippen molar-refractivity contribution in [2.75, 3.05) is 40.5 Å². The highest BCUT2D eigenvalue weighted by Gasteiger charge is 2.46. The summed E-state index contributed by atoms with van der Waals surface area (Å²) in [5.74, 6) is 1.03. The summed E-state index contributed by atoms with van der Waals surface area (Å²) in [6.07, 6.45) is 1.17. The highest BCUT2D eigenvalue weighted by atomic mass is 19.1. The minimum Gasteiger partial charge on any atom is -0.493 e. The number of carbonyl (C=O) groups excluding carboxylic acids is 2. The number of likely N-dealkylation sites (tertiary alicyclic amines) is 1. The summed E-state index contributed by atoms with van der Waals surface area (Å²) >= 11 is 0. The fourth-order valence-corrected chi connectivity index (χ4v) is 5.50. The van der Waals surface area contributed by atoms with Crippen molar-refractivity contribution in [2.45, 2.75) is 63.8 Å². The molecule has 0 bridgehead atoms. The smallest absolute Gasteiger partial charge is 0.407 e. The molecule has 2 amide bonds. The van der Waals surface area contributed by atoms with Crippen molar-refractivity contribution in [3.05, 3.63) is 23.3 Å². The van der Waals surface area contributed by atoms with Crippen molar-refractivity contribution in [3.63, 3.8) is 0 Å². The predicted molar refractivity (Wildman–Crippen MR) is 125 cm³/mol. The maximum atomic E-state index is 13.4. The van der Waals surface area contributed by atoms with Crippen LogP contribution in [0.5, 0.6) is 11.5 Å². The maximum Gasteiger partial charge on any atom is 0.407 e. The molecule has 0 radical (unpaired) electrons. The summed E-state index contributed by atoms with van der Waals surface area (Å²) in [4.78, 5) is 29.6. The number of nitrogens with zero attached hydrogens (tertiary/aromatic N) is 2. The molecule has 2 saturated heterocycles. The van der Waals surface area contributed by atoms with Gasteiger partial charge in [0.15, 0.2) is 11.5 Å². The topological polar surface area (TPSA) is 80.3 Å². The number of carbonyl (C=O) groups is 2. The quantitative estimate of drug-likeness (QED) is 0.702. The Morgan fingerprint density at radius 1 is 1.18 bits per heavy atom. The van der Waals surface area contributed by atoms with E-state index in [4.69, 9.17) is 14.2 Å². The number of nitrogens with one attached hydrogen (secondary N) is 1. The van der Waals surface area contributed by atoms with Crippen molar-refractivity contribution in [2.24, 2.45) is 5.92 Å². The number of halogens is 1. The van der Waals surface area contributed by atoms with E-state index in [1.54, 1.807) is 19.1 Å². The van der Waals surface area contributed by atoms with Gasteiger partial charge in [-0.25, -0.2) is 4.79 Å². The standard InChI is InChI=1S/C25H36FN3O5/c1-25(2,3)34-24(31)27-18-11-19-17-10-22(33-5)21(32-4)9-16(17)6-7-28(19)14-20(18)29-13-15(12-26)8-23(29)30/h9-10,15,18-20H,6-8,11-14H2,1-5H3,(H,27,31)/t15-,18?,19+,20?/m1/s1. The van der Waals surface area contributed by atoms with Gasteiger partial charge in [-0.1, -0.05) is 0 Å². The zero-order valence-electron chi connectivity index (χ0n) is 20.7. The lowest BCUT2D eigenvalue weighted by atomic mass is 9.82. The number of ether oxygens (including phenoxy) is 3. The van der Waals surface area contributed by atoms with Crippen LogP contribution in [0.2, 0.25) is 0 Å². The molecule has 1 N–H and O–H groups in total. The molecule has 3 heterocycles. The molecule has 9 heteroatoms. The summed E-state index contributed by atoms with van der Waals surface area (Å²) in [6, 6.07) is 3.54. The number of fused-ring (bicyclic) bond motifs is 3. The number of alkyl halides is 1. The third-order valence-electron chi connectivity index (χ3n) is 7.04. The van der Waals surface area contributed by atoms with E-state index in [0.717, 1.165) is 18.5 Å². The first-order chi connectivity index (χ1) is 16.1. The number of hydrogen-bond donors (Lipinski definition) is 1. The summed E-state index contributed by atoms with van der Waals surface area (Å²) in [7, 11) is 3.25. The molecule has 34 heavy (non-hydrogen) atoms. The van der Waals surface area contributed by atoms with Gasteiger partial charge >= 0.3 is 6.09 Å². The lowest BCUT2D eigenvalue weighted by Crippen LogP contribution is -2.62. The average molecular weight is 478 g/mol. The van der Waals surface area contributed by atoms with Crippen LogP contribution < -0.4 is 14.8 Å². The molecule has 3 aliphatic rings. The van der Waals surface area contributed by atoms with Gasteiger partial charge in [0.05, 0.1) is 33.0 Å². The number of methoxy groups -OCH3 is 2.